The highest BCUT2D eigenvalue weighted by Crippen LogP contribution is 2.17. The topological polar surface area (TPSA) is 46.2 Å². The van der Waals surface area contributed by atoms with Crippen LogP contribution in [0.25, 0.3) is 0 Å². The summed E-state index contributed by atoms with van der Waals surface area (Å²) < 4.78 is 13.1. The maximum atomic E-state index is 13.1. The molecule has 0 saturated heterocycles. The lowest BCUT2D eigenvalue weighted by molar-refractivity contribution is -0.116. The van der Waals surface area contributed by atoms with Crippen LogP contribution in [0, 0.1) is 19.7 Å². The third-order valence-electron chi connectivity index (χ3n) is 4.39. The van der Waals surface area contributed by atoms with Gasteiger partial charge in [0, 0.05) is 24.1 Å². The molecule has 3 nitrogen and oxygen atoms in total. The Morgan fingerprint density at radius 1 is 0.885 bits per heavy atom. The van der Waals surface area contributed by atoms with Crippen molar-refractivity contribution in [3.63, 3.8) is 0 Å². The van der Waals surface area contributed by atoms with E-state index in [4.69, 9.17) is 0 Å². The largest absolute Gasteiger partial charge is 0.326 e. The molecule has 0 atom stereocenters. The van der Waals surface area contributed by atoms with Crippen molar-refractivity contribution >= 4 is 17.4 Å². The van der Waals surface area contributed by atoms with E-state index >= 15 is 0 Å². The van der Waals surface area contributed by atoms with Crippen LogP contribution in [0.4, 0.5) is 10.1 Å². The highest BCUT2D eigenvalue weighted by molar-refractivity contribution is 5.96. The number of hydrogen-bond donors (Lipinski definition) is 1. The molecule has 0 saturated carbocycles. The summed E-state index contributed by atoms with van der Waals surface area (Å²) in [6.45, 7) is 3.77. The second kappa shape index (κ2) is 9.85. The molecule has 1 amide bonds. The number of aryl methyl sites for hydroxylation is 2. The van der Waals surface area contributed by atoms with Crippen molar-refractivity contribution in [2.24, 2.45) is 0 Å². The zero-order valence-corrected chi connectivity index (χ0v) is 15.5. The second-order valence-electron chi connectivity index (χ2n) is 6.71. The van der Waals surface area contributed by atoms with E-state index in [1.807, 2.05) is 31.2 Å². The number of carbonyl (C=O) groups excluding carboxylic acids is 2. The number of amides is 1. The summed E-state index contributed by atoms with van der Waals surface area (Å²) in [6, 6.07) is 12.0. The van der Waals surface area contributed by atoms with Gasteiger partial charge in [-0.15, -0.1) is 0 Å². The Balaban J connectivity index is 1.60. The van der Waals surface area contributed by atoms with Crippen LogP contribution >= 0.6 is 0 Å². The maximum absolute atomic E-state index is 13.1. The van der Waals surface area contributed by atoms with Crippen LogP contribution in [0.2, 0.25) is 0 Å². The standard InChI is InChI=1S/C22H26FNO2/c1-16-9-11-18(12-10-16)21(25)7-5-3-4-6-8-22(26)24-20-14-13-19(23)15-17(20)2/h9-15H,3-8H2,1-2H3,(H,24,26). The highest BCUT2D eigenvalue weighted by Gasteiger charge is 2.07. The van der Waals surface area contributed by atoms with Gasteiger partial charge in [-0.3, -0.25) is 9.59 Å². The lowest BCUT2D eigenvalue weighted by atomic mass is 10.0. The smallest absolute Gasteiger partial charge is 0.224 e. The Labute approximate surface area is 154 Å². The molecule has 0 fully saturated rings. The van der Waals surface area contributed by atoms with E-state index in [1.54, 1.807) is 13.0 Å². The molecular weight excluding hydrogens is 329 g/mol. The number of unbranched alkanes of at least 4 members (excludes halogenated alkanes) is 3. The SMILES string of the molecule is Cc1ccc(C(=O)CCCCCCC(=O)Nc2ccc(F)cc2C)cc1. The van der Waals surface area contributed by atoms with Crippen molar-refractivity contribution < 1.29 is 14.0 Å². The second-order valence-corrected chi connectivity index (χ2v) is 6.71. The van der Waals surface area contributed by atoms with Crippen LogP contribution in [-0.2, 0) is 4.79 Å². The van der Waals surface area contributed by atoms with E-state index in [2.05, 4.69) is 5.32 Å². The average Bonchev–Trinajstić information content (AvgIpc) is 2.61. The molecule has 0 bridgehead atoms. The molecule has 0 aliphatic heterocycles. The van der Waals surface area contributed by atoms with Gasteiger partial charge < -0.3 is 5.32 Å². The Bertz CT molecular complexity index is 753. The maximum Gasteiger partial charge on any atom is 0.224 e. The molecule has 2 aromatic rings. The van der Waals surface area contributed by atoms with Gasteiger partial charge in [-0.05, 0) is 50.5 Å². The number of anilines is 1. The summed E-state index contributed by atoms with van der Waals surface area (Å²) in [4.78, 5) is 24.0. The fourth-order valence-corrected chi connectivity index (χ4v) is 2.79. The Morgan fingerprint density at radius 2 is 1.54 bits per heavy atom. The van der Waals surface area contributed by atoms with E-state index in [-0.39, 0.29) is 17.5 Å². The number of carbonyl (C=O) groups is 2. The first-order valence-corrected chi connectivity index (χ1v) is 9.11. The molecule has 0 aliphatic carbocycles. The van der Waals surface area contributed by atoms with E-state index < -0.39 is 0 Å². The normalized spacial score (nSPS) is 10.6. The Kier molecular flexibility index (Phi) is 7.52. The van der Waals surface area contributed by atoms with Crippen LogP contribution in [0.15, 0.2) is 42.5 Å². The third-order valence-corrected chi connectivity index (χ3v) is 4.39. The lowest BCUT2D eigenvalue weighted by Crippen LogP contribution is -2.12. The van der Waals surface area contributed by atoms with Gasteiger partial charge in [0.05, 0.1) is 0 Å². The van der Waals surface area contributed by atoms with Gasteiger partial charge in [0.15, 0.2) is 5.78 Å². The van der Waals surface area contributed by atoms with Crippen molar-refractivity contribution in [3.05, 3.63) is 65.0 Å². The van der Waals surface area contributed by atoms with Crippen LogP contribution in [-0.4, -0.2) is 11.7 Å². The fourth-order valence-electron chi connectivity index (χ4n) is 2.79. The Hall–Kier alpha value is -2.49. The van der Waals surface area contributed by atoms with Crippen molar-refractivity contribution in [2.75, 3.05) is 5.32 Å². The summed E-state index contributed by atoms with van der Waals surface area (Å²) >= 11 is 0. The minimum atomic E-state index is -0.305. The number of nitrogens with one attached hydrogen (secondary N) is 1. The monoisotopic (exact) mass is 355 g/mol. The predicted molar refractivity (Wildman–Crippen MR) is 103 cm³/mol. The zero-order valence-electron chi connectivity index (χ0n) is 15.5. The van der Waals surface area contributed by atoms with Crippen LogP contribution in [0.3, 0.4) is 0 Å². The molecule has 138 valence electrons. The highest BCUT2D eigenvalue weighted by atomic mass is 19.1. The molecule has 0 spiro atoms. The van der Waals surface area contributed by atoms with E-state index in [1.165, 1.54) is 12.1 Å². The van der Waals surface area contributed by atoms with Crippen molar-refractivity contribution in [1.29, 1.82) is 0 Å². The average molecular weight is 355 g/mol. The minimum Gasteiger partial charge on any atom is -0.326 e. The van der Waals surface area contributed by atoms with E-state index in [0.29, 0.717) is 24.1 Å². The van der Waals surface area contributed by atoms with Crippen molar-refractivity contribution in [2.45, 2.75) is 52.4 Å². The van der Waals surface area contributed by atoms with Crippen LogP contribution in [0.5, 0.6) is 0 Å². The molecule has 0 aliphatic rings. The first-order chi connectivity index (χ1) is 12.5. The molecular formula is C22H26FNO2. The first kappa shape index (κ1) is 19.8. The zero-order chi connectivity index (χ0) is 18.9. The Morgan fingerprint density at radius 3 is 2.19 bits per heavy atom. The quantitative estimate of drug-likeness (QED) is 0.470. The summed E-state index contributed by atoms with van der Waals surface area (Å²) in [5, 5.41) is 2.81. The molecule has 0 heterocycles. The molecule has 0 aromatic heterocycles. The summed E-state index contributed by atoms with van der Waals surface area (Å²) in [5.74, 6) is -0.189. The third kappa shape index (κ3) is 6.43. The van der Waals surface area contributed by atoms with Gasteiger partial charge in [-0.2, -0.15) is 0 Å². The first-order valence-electron chi connectivity index (χ1n) is 9.11. The molecule has 1 N–H and O–H groups in total. The number of halogens is 1. The van der Waals surface area contributed by atoms with Gasteiger partial charge in [-0.25, -0.2) is 4.39 Å². The molecule has 0 radical (unpaired) electrons. The van der Waals surface area contributed by atoms with Gasteiger partial charge in [-0.1, -0.05) is 42.7 Å². The minimum absolute atomic E-state index is 0.0598. The number of rotatable bonds is 9. The lowest BCUT2D eigenvalue weighted by Gasteiger charge is -2.08. The predicted octanol–water partition coefficient (Wildman–Crippen LogP) is 5.60. The van der Waals surface area contributed by atoms with Crippen molar-refractivity contribution in [3.8, 4) is 0 Å². The summed E-state index contributed by atoms with van der Waals surface area (Å²) in [7, 11) is 0. The molecule has 26 heavy (non-hydrogen) atoms. The molecule has 0 unspecified atom stereocenters. The summed E-state index contributed by atoms with van der Waals surface area (Å²) in [6.07, 6.45) is 4.44. The molecule has 2 aromatic carbocycles. The van der Waals surface area contributed by atoms with Crippen molar-refractivity contribution in [1.82, 2.24) is 0 Å². The van der Waals surface area contributed by atoms with Crippen LogP contribution in [0.1, 0.15) is 60.0 Å². The summed E-state index contributed by atoms with van der Waals surface area (Å²) in [5.41, 5.74) is 3.29. The number of hydrogen-bond acceptors (Lipinski definition) is 2. The van der Waals surface area contributed by atoms with Crippen LogP contribution < -0.4 is 5.32 Å². The van der Waals surface area contributed by atoms with E-state index in [0.717, 1.165) is 36.8 Å². The van der Waals surface area contributed by atoms with Gasteiger partial charge in [0.2, 0.25) is 5.91 Å². The molecule has 2 rings (SSSR count). The number of benzene rings is 2. The fraction of sp³-hybridized carbons (Fsp3) is 0.364. The molecule has 4 heteroatoms. The van der Waals surface area contributed by atoms with E-state index in [9.17, 15) is 14.0 Å². The number of ketones is 1. The van der Waals surface area contributed by atoms with Gasteiger partial charge >= 0.3 is 0 Å². The number of Topliss-reactive ketones (excluding diaryl/α,β-unsaturated/α-hetero) is 1. The van der Waals surface area contributed by atoms with Gasteiger partial charge in [0.1, 0.15) is 5.82 Å². The van der Waals surface area contributed by atoms with Gasteiger partial charge in [0.25, 0.3) is 0 Å².